The lowest BCUT2D eigenvalue weighted by molar-refractivity contribution is -0.122. The van der Waals surface area contributed by atoms with Crippen molar-refractivity contribution in [3.8, 4) is 5.75 Å². The van der Waals surface area contributed by atoms with Crippen LogP contribution in [0.15, 0.2) is 54.6 Å². The van der Waals surface area contributed by atoms with E-state index in [2.05, 4.69) is 11.4 Å². The number of fused-ring (bicyclic) bond motifs is 1. The smallest absolute Gasteiger partial charge is 0.253 e. The molecule has 0 bridgehead atoms. The Morgan fingerprint density at radius 2 is 1.70 bits per heavy atom. The zero-order chi connectivity index (χ0) is 20.6. The number of piperidine rings is 1. The Morgan fingerprint density at radius 3 is 2.43 bits per heavy atom. The Hall–Kier alpha value is -2.82. The van der Waals surface area contributed by atoms with Crippen molar-refractivity contribution in [1.82, 2.24) is 10.2 Å². The quantitative estimate of drug-likeness (QED) is 0.841. The molecule has 2 aliphatic heterocycles. The average Bonchev–Trinajstić information content (AvgIpc) is 3.58. The van der Waals surface area contributed by atoms with Crippen molar-refractivity contribution in [3.63, 3.8) is 0 Å². The number of rotatable bonds is 4. The predicted octanol–water partition coefficient (Wildman–Crippen LogP) is 3.90. The number of para-hydroxylation sites is 1. The van der Waals surface area contributed by atoms with Crippen LogP contribution in [0.3, 0.4) is 0 Å². The van der Waals surface area contributed by atoms with Gasteiger partial charge in [0, 0.05) is 49.9 Å². The molecular formula is C25H28N2O3. The third kappa shape index (κ3) is 3.93. The maximum Gasteiger partial charge on any atom is 0.253 e. The number of carbonyl (C=O) groups is 2. The number of hydrogen-bond donors (Lipinski definition) is 1. The Balaban J connectivity index is 1.30. The molecule has 2 heterocycles. The van der Waals surface area contributed by atoms with E-state index in [9.17, 15) is 9.59 Å². The van der Waals surface area contributed by atoms with Crippen molar-refractivity contribution in [2.75, 3.05) is 13.1 Å². The zero-order valence-electron chi connectivity index (χ0n) is 17.2. The first-order valence-electron chi connectivity index (χ1n) is 11.0. The van der Waals surface area contributed by atoms with Crippen LogP contribution in [0.25, 0.3) is 0 Å². The number of nitrogens with one attached hydrogen (secondary N) is 1. The van der Waals surface area contributed by atoms with E-state index < -0.39 is 0 Å². The highest BCUT2D eigenvalue weighted by Crippen LogP contribution is 2.46. The number of carbonyl (C=O) groups excluding carboxylic acids is 2. The van der Waals surface area contributed by atoms with Gasteiger partial charge in [-0.15, -0.1) is 0 Å². The van der Waals surface area contributed by atoms with Gasteiger partial charge in [0.2, 0.25) is 5.91 Å². The third-order valence-electron chi connectivity index (χ3n) is 6.66. The standard InChI is InChI=1S/C25H28N2O3/c28-23(26-20-10-11-20)16-19-17-25(30-22-9-5-4-8-21(19)22)12-14-27(15-13-25)24(29)18-6-2-1-3-7-18/h1-9,19-20H,10-17H2,(H,26,28)/t19-/m1/s1. The van der Waals surface area contributed by atoms with E-state index in [4.69, 9.17) is 4.74 Å². The second kappa shape index (κ2) is 7.78. The van der Waals surface area contributed by atoms with Crippen LogP contribution in [-0.2, 0) is 4.79 Å². The van der Waals surface area contributed by atoms with Gasteiger partial charge in [-0.3, -0.25) is 9.59 Å². The summed E-state index contributed by atoms with van der Waals surface area (Å²) in [6.45, 7) is 1.35. The summed E-state index contributed by atoms with van der Waals surface area (Å²) in [6.07, 6.45) is 5.12. The van der Waals surface area contributed by atoms with Crippen LogP contribution in [0.4, 0.5) is 0 Å². The molecule has 2 aromatic rings. The molecule has 1 saturated heterocycles. The van der Waals surface area contributed by atoms with Gasteiger partial charge in [-0.05, 0) is 43.0 Å². The minimum atomic E-state index is -0.299. The van der Waals surface area contributed by atoms with Crippen molar-refractivity contribution >= 4 is 11.8 Å². The van der Waals surface area contributed by atoms with E-state index in [1.54, 1.807) is 0 Å². The van der Waals surface area contributed by atoms with Gasteiger partial charge < -0.3 is 15.0 Å². The molecule has 0 unspecified atom stereocenters. The lowest BCUT2D eigenvalue weighted by Gasteiger charge is -2.47. The maximum atomic E-state index is 12.8. The number of hydrogen-bond acceptors (Lipinski definition) is 3. The lowest BCUT2D eigenvalue weighted by Crippen LogP contribution is -2.52. The van der Waals surface area contributed by atoms with Gasteiger partial charge in [-0.1, -0.05) is 36.4 Å². The van der Waals surface area contributed by atoms with Gasteiger partial charge in [0.15, 0.2) is 0 Å². The van der Waals surface area contributed by atoms with Crippen LogP contribution < -0.4 is 10.1 Å². The van der Waals surface area contributed by atoms with Crippen molar-refractivity contribution in [3.05, 3.63) is 65.7 Å². The lowest BCUT2D eigenvalue weighted by atomic mass is 9.76. The maximum absolute atomic E-state index is 12.8. The largest absolute Gasteiger partial charge is 0.487 e. The molecule has 1 N–H and O–H groups in total. The second-order valence-electron chi connectivity index (χ2n) is 8.93. The monoisotopic (exact) mass is 404 g/mol. The molecule has 2 aromatic carbocycles. The number of amides is 2. The van der Waals surface area contributed by atoms with Crippen LogP contribution in [-0.4, -0.2) is 41.4 Å². The molecule has 1 atom stereocenters. The van der Waals surface area contributed by atoms with E-state index in [1.807, 2.05) is 53.4 Å². The minimum absolute atomic E-state index is 0.0852. The molecule has 30 heavy (non-hydrogen) atoms. The van der Waals surface area contributed by atoms with Gasteiger partial charge in [0.05, 0.1) is 0 Å². The molecule has 2 amide bonds. The average molecular weight is 405 g/mol. The molecule has 5 heteroatoms. The summed E-state index contributed by atoms with van der Waals surface area (Å²) in [7, 11) is 0. The molecule has 0 radical (unpaired) electrons. The van der Waals surface area contributed by atoms with Crippen LogP contribution in [0.1, 0.15) is 60.4 Å². The summed E-state index contributed by atoms with van der Waals surface area (Å²) in [6, 6.07) is 18.0. The van der Waals surface area contributed by atoms with Crippen LogP contribution in [0, 0.1) is 0 Å². The van der Waals surface area contributed by atoms with E-state index in [-0.39, 0.29) is 23.3 Å². The SMILES string of the molecule is O=C(C[C@@H]1CC2(CCN(C(=O)c3ccccc3)CC2)Oc2ccccc21)NC1CC1. The van der Waals surface area contributed by atoms with Crippen molar-refractivity contribution in [2.45, 2.75) is 56.1 Å². The molecule has 5 nitrogen and oxygen atoms in total. The molecule has 1 spiro atoms. The van der Waals surface area contributed by atoms with Gasteiger partial charge >= 0.3 is 0 Å². The van der Waals surface area contributed by atoms with Crippen LogP contribution >= 0.6 is 0 Å². The van der Waals surface area contributed by atoms with E-state index in [0.717, 1.165) is 49.0 Å². The first kappa shape index (κ1) is 19.2. The third-order valence-corrected chi connectivity index (χ3v) is 6.66. The van der Waals surface area contributed by atoms with Crippen molar-refractivity contribution < 1.29 is 14.3 Å². The van der Waals surface area contributed by atoms with Gasteiger partial charge in [0.1, 0.15) is 11.4 Å². The first-order valence-corrected chi connectivity index (χ1v) is 11.0. The second-order valence-corrected chi connectivity index (χ2v) is 8.93. The highest BCUT2D eigenvalue weighted by Gasteiger charge is 2.44. The molecule has 3 aliphatic rings. The number of nitrogens with zero attached hydrogens (tertiary/aromatic N) is 1. The summed E-state index contributed by atoms with van der Waals surface area (Å²) < 4.78 is 6.53. The minimum Gasteiger partial charge on any atom is -0.487 e. The van der Waals surface area contributed by atoms with E-state index >= 15 is 0 Å². The molecule has 1 aliphatic carbocycles. The summed E-state index contributed by atoms with van der Waals surface area (Å²) in [5.41, 5.74) is 1.57. The molecule has 1 saturated carbocycles. The van der Waals surface area contributed by atoms with E-state index in [1.165, 1.54) is 0 Å². The summed E-state index contributed by atoms with van der Waals surface area (Å²) in [4.78, 5) is 27.3. The molecule has 2 fully saturated rings. The number of benzene rings is 2. The highest BCUT2D eigenvalue weighted by molar-refractivity contribution is 5.94. The van der Waals surface area contributed by atoms with Crippen LogP contribution in [0.5, 0.6) is 5.75 Å². The van der Waals surface area contributed by atoms with Gasteiger partial charge in [-0.2, -0.15) is 0 Å². The van der Waals surface area contributed by atoms with Gasteiger partial charge in [0.25, 0.3) is 5.91 Å². The topological polar surface area (TPSA) is 58.6 Å². The highest BCUT2D eigenvalue weighted by atomic mass is 16.5. The Kier molecular flexibility index (Phi) is 4.97. The van der Waals surface area contributed by atoms with Gasteiger partial charge in [-0.25, -0.2) is 0 Å². The molecule has 5 rings (SSSR count). The van der Waals surface area contributed by atoms with Crippen LogP contribution in [0.2, 0.25) is 0 Å². The summed E-state index contributed by atoms with van der Waals surface area (Å²) in [5, 5.41) is 3.13. The number of likely N-dealkylation sites (tertiary alicyclic amines) is 1. The fourth-order valence-corrected chi connectivity index (χ4v) is 4.85. The fourth-order valence-electron chi connectivity index (χ4n) is 4.85. The first-order chi connectivity index (χ1) is 14.6. The van der Waals surface area contributed by atoms with Crippen molar-refractivity contribution in [2.24, 2.45) is 0 Å². The molecule has 0 aromatic heterocycles. The number of ether oxygens (including phenoxy) is 1. The fraction of sp³-hybridized carbons (Fsp3) is 0.440. The zero-order valence-corrected chi connectivity index (χ0v) is 17.2. The van der Waals surface area contributed by atoms with Crippen molar-refractivity contribution in [1.29, 1.82) is 0 Å². The molecular weight excluding hydrogens is 376 g/mol. The predicted molar refractivity (Wildman–Crippen MR) is 115 cm³/mol. The molecule has 156 valence electrons. The summed E-state index contributed by atoms with van der Waals surface area (Å²) >= 11 is 0. The van der Waals surface area contributed by atoms with E-state index in [0.29, 0.717) is 25.6 Å². The Labute approximate surface area is 177 Å². The normalized spacial score (nSPS) is 22.1. The Bertz CT molecular complexity index is 930. The summed E-state index contributed by atoms with van der Waals surface area (Å²) in [5.74, 6) is 1.29. The Morgan fingerprint density at radius 1 is 1.00 bits per heavy atom.